The summed E-state index contributed by atoms with van der Waals surface area (Å²) in [5, 5.41) is 10.1. The van der Waals surface area contributed by atoms with Gasteiger partial charge >= 0.3 is 0 Å². The Kier molecular flexibility index (Phi) is 11.2. The van der Waals surface area contributed by atoms with Crippen LogP contribution in [0.3, 0.4) is 0 Å². The van der Waals surface area contributed by atoms with Crippen LogP contribution in [0.2, 0.25) is 0 Å². The molecule has 12 heteroatoms. The van der Waals surface area contributed by atoms with Crippen LogP contribution < -0.4 is 18.9 Å². The molecule has 2 aromatic rings. The van der Waals surface area contributed by atoms with Crippen molar-refractivity contribution in [2.45, 2.75) is 64.8 Å². The maximum Gasteiger partial charge on any atom is 0.258 e. The van der Waals surface area contributed by atoms with E-state index in [9.17, 15) is 18.3 Å². The van der Waals surface area contributed by atoms with E-state index in [1.165, 1.54) is 6.07 Å². The number of ether oxygens (including phenoxy) is 4. The molecule has 0 saturated heterocycles. The summed E-state index contributed by atoms with van der Waals surface area (Å²) in [5.41, 5.74) is 1.60. The van der Waals surface area contributed by atoms with Gasteiger partial charge in [-0.3, -0.25) is 14.4 Å². The van der Waals surface area contributed by atoms with Gasteiger partial charge in [0.2, 0.25) is 16.8 Å². The topological polar surface area (TPSA) is 127 Å². The minimum atomic E-state index is -3.56. The lowest BCUT2D eigenvalue weighted by atomic mass is 10.0. The summed E-state index contributed by atoms with van der Waals surface area (Å²) in [6.07, 6.45) is 3.22. The highest BCUT2D eigenvalue weighted by Crippen LogP contribution is 2.33. The number of aliphatic hydroxyl groups is 1. The largest absolute Gasteiger partial charge is 0.490 e. The summed E-state index contributed by atoms with van der Waals surface area (Å²) in [4.78, 5) is 17.9. The third kappa shape index (κ3) is 9.21. The van der Waals surface area contributed by atoms with E-state index in [4.69, 9.17) is 18.9 Å². The third-order valence-corrected chi connectivity index (χ3v) is 8.34. The van der Waals surface area contributed by atoms with Crippen LogP contribution in [0.5, 0.6) is 17.2 Å². The number of fused-ring (bicyclic) bond motifs is 2. The van der Waals surface area contributed by atoms with Crippen molar-refractivity contribution in [1.82, 2.24) is 9.80 Å². The van der Waals surface area contributed by atoms with Crippen molar-refractivity contribution in [3.05, 3.63) is 47.5 Å². The molecular weight excluding hydrogens is 574 g/mol. The Bertz CT molecular complexity index is 1350. The van der Waals surface area contributed by atoms with Crippen molar-refractivity contribution in [2.75, 3.05) is 51.1 Å². The second-order valence-corrected chi connectivity index (χ2v) is 13.5. The fraction of sp³-hybridized carbons (Fsp3) is 0.581. The van der Waals surface area contributed by atoms with Crippen LogP contribution in [0.15, 0.2) is 36.4 Å². The zero-order valence-electron chi connectivity index (χ0n) is 25.7. The first-order chi connectivity index (χ1) is 20.4. The van der Waals surface area contributed by atoms with Gasteiger partial charge in [0.05, 0.1) is 36.7 Å². The number of amides is 1. The van der Waals surface area contributed by atoms with Crippen molar-refractivity contribution < 1.29 is 37.3 Å². The Morgan fingerprint density at radius 1 is 1.09 bits per heavy atom. The number of likely N-dealkylation sites (N-methyl/N-ethyl adjacent to an activating group) is 1. The second-order valence-electron chi connectivity index (χ2n) is 11.8. The maximum absolute atomic E-state index is 14.1. The van der Waals surface area contributed by atoms with Gasteiger partial charge in [0.15, 0.2) is 11.5 Å². The van der Waals surface area contributed by atoms with Crippen LogP contribution in [0.4, 0.5) is 5.69 Å². The minimum Gasteiger partial charge on any atom is -0.490 e. The van der Waals surface area contributed by atoms with Gasteiger partial charge in [0.1, 0.15) is 5.75 Å². The Morgan fingerprint density at radius 2 is 1.84 bits per heavy atom. The summed E-state index contributed by atoms with van der Waals surface area (Å²) in [7, 11) is -1.52. The van der Waals surface area contributed by atoms with Crippen LogP contribution in [0.25, 0.3) is 0 Å². The molecule has 0 aliphatic carbocycles. The SMILES string of the molecule is C[C@@H]1CCCCO[C@@H](CN(C)Cc2ccc3c(c2)OCO3)[C@@H](C)CN([C@H](C)CO)C(=O)c2cc(NS(C)(=O)=O)ccc2O1. The van der Waals surface area contributed by atoms with Crippen molar-refractivity contribution in [2.24, 2.45) is 5.92 Å². The number of nitrogens with one attached hydrogen (secondary N) is 1. The molecule has 4 atom stereocenters. The molecule has 0 saturated carbocycles. The molecule has 0 fully saturated rings. The van der Waals surface area contributed by atoms with Crippen LogP contribution in [0, 0.1) is 5.92 Å². The smallest absolute Gasteiger partial charge is 0.258 e. The van der Waals surface area contributed by atoms with Crippen molar-refractivity contribution >= 4 is 21.6 Å². The number of rotatable bonds is 8. The van der Waals surface area contributed by atoms with Crippen LogP contribution in [-0.2, 0) is 21.3 Å². The molecule has 4 rings (SSSR count). The highest BCUT2D eigenvalue weighted by atomic mass is 32.2. The molecule has 0 spiro atoms. The Hall–Kier alpha value is -3.06. The average Bonchev–Trinajstić information content (AvgIpc) is 3.41. The van der Waals surface area contributed by atoms with Gasteiger partial charge in [-0.15, -0.1) is 0 Å². The van der Waals surface area contributed by atoms with Gasteiger partial charge in [-0.2, -0.15) is 0 Å². The monoisotopic (exact) mass is 619 g/mol. The van der Waals surface area contributed by atoms with E-state index in [1.54, 1.807) is 24.0 Å². The molecule has 11 nitrogen and oxygen atoms in total. The van der Waals surface area contributed by atoms with Gasteiger partial charge in [-0.25, -0.2) is 8.42 Å². The summed E-state index contributed by atoms with van der Waals surface area (Å²) in [5.74, 6) is 1.44. The number of sulfonamides is 1. The number of nitrogens with zero attached hydrogens (tertiary/aromatic N) is 2. The number of anilines is 1. The van der Waals surface area contributed by atoms with E-state index in [1.807, 2.05) is 32.2 Å². The number of benzene rings is 2. The summed E-state index contributed by atoms with van der Waals surface area (Å²) in [6.45, 7) is 8.00. The zero-order valence-corrected chi connectivity index (χ0v) is 26.6. The predicted octanol–water partition coefficient (Wildman–Crippen LogP) is 3.71. The number of carbonyl (C=O) groups excluding carboxylic acids is 1. The van der Waals surface area contributed by atoms with Crippen LogP contribution in [-0.4, -0.2) is 93.9 Å². The molecule has 2 aromatic carbocycles. The zero-order chi connectivity index (χ0) is 31.1. The van der Waals surface area contributed by atoms with E-state index in [0.29, 0.717) is 32.0 Å². The Morgan fingerprint density at radius 3 is 2.58 bits per heavy atom. The van der Waals surface area contributed by atoms with E-state index in [-0.39, 0.29) is 48.7 Å². The molecule has 1 amide bonds. The molecule has 0 unspecified atom stereocenters. The second kappa shape index (κ2) is 14.6. The van der Waals surface area contributed by atoms with Gasteiger partial charge in [-0.1, -0.05) is 13.0 Å². The first kappa shape index (κ1) is 32.8. The standard InChI is InChI=1S/C31H45N3O8S/c1-21-16-34(22(2)19-35)31(36)26-15-25(32-43(5,37)38)10-12-27(26)42-23(3)8-6-7-13-39-30(21)18-33(4)17-24-9-11-28-29(14-24)41-20-40-28/h9-12,14-15,21-23,30,32,35H,6-8,13,16-20H2,1-5H3/t21-,22+,23+,30-/m0/s1. The molecule has 2 heterocycles. The quantitative estimate of drug-likeness (QED) is 0.455. The number of carbonyl (C=O) groups is 1. The highest BCUT2D eigenvalue weighted by molar-refractivity contribution is 7.92. The molecule has 0 bridgehead atoms. The molecule has 238 valence electrons. The van der Waals surface area contributed by atoms with E-state index in [2.05, 4.69) is 16.5 Å². The fourth-order valence-electron chi connectivity index (χ4n) is 5.39. The lowest BCUT2D eigenvalue weighted by Gasteiger charge is -2.36. The number of hydrogen-bond donors (Lipinski definition) is 2. The van der Waals surface area contributed by atoms with Crippen LogP contribution in [0.1, 0.15) is 56.0 Å². The lowest BCUT2D eigenvalue weighted by Crippen LogP contribution is -2.47. The van der Waals surface area contributed by atoms with E-state index >= 15 is 0 Å². The Labute approximate surface area is 255 Å². The first-order valence-corrected chi connectivity index (χ1v) is 16.7. The molecule has 0 radical (unpaired) electrons. The van der Waals surface area contributed by atoms with Crippen molar-refractivity contribution in [3.8, 4) is 17.2 Å². The van der Waals surface area contributed by atoms with Crippen molar-refractivity contribution in [1.29, 1.82) is 0 Å². The van der Waals surface area contributed by atoms with Crippen LogP contribution >= 0.6 is 0 Å². The third-order valence-electron chi connectivity index (χ3n) is 7.74. The maximum atomic E-state index is 14.1. The number of hydrogen-bond acceptors (Lipinski definition) is 9. The summed E-state index contributed by atoms with van der Waals surface area (Å²) < 4.78 is 49.9. The van der Waals surface area contributed by atoms with Gasteiger partial charge < -0.3 is 29.0 Å². The Balaban J connectivity index is 1.59. The predicted molar refractivity (Wildman–Crippen MR) is 164 cm³/mol. The molecule has 0 aromatic heterocycles. The van der Waals surface area contributed by atoms with Gasteiger partial charge in [0, 0.05) is 37.8 Å². The lowest BCUT2D eigenvalue weighted by molar-refractivity contribution is -0.0177. The molecule has 2 aliphatic heterocycles. The van der Waals surface area contributed by atoms with E-state index < -0.39 is 16.1 Å². The van der Waals surface area contributed by atoms with Gasteiger partial charge in [-0.05, 0) is 76.1 Å². The summed E-state index contributed by atoms with van der Waals surface area (Å²) in [6, 6.07) is 10.2. The molecule has 2 N–H and O–H groups in total. The fourth-order valence-corrected chi connectivity index (χ4v) is 5.94. The van der Waals surface area contributed by atoms with E-state index in [0.717, 1.165) is 42.6 Å². The molecule has 43 heavy (non-hydrogen) atoms. The average molecular weight is 620 g/mol. The van der Waals surface area contributed by atoms with Crippen molar-refractivity contribution in [3.63, 3.8) is 0 Å². The first-order valence-electron chi connectivity index (χ1n) is 14.8. The summed E-state index contributed by atoms with van der Waals surface area (Å²) >= 11 is 0. The highest BCUT2D eigenvalue weighted by Gasteiger charge is 2.30. The molecular formula is C31H45N3O8S. The van der Waals surface area contributed by atoms with Gasteiger partial charge in [0.25, 0.3) is 5.91 Å². The number of aliphatic hydroxyl groups excluding tert-OH is 1. The normalized spacial score (nSPS) is 22.4. The minimum absolute atomic E-state index is 0.0827. The molecule has 2 aliphatic rings.